The van der Waals surface area contributed by atoms with Gasteiger partial charge >= 0.3 is 0 Å². The van der Waals surface area contributed by atoms with Gasteiger partial charge in [0, 0.05) is 6.04 Å². The minimum absolute atomic E-state index is 0.467. The molecule has 2 heteroatoms. The molecule has 1 aromatic rings. The number of fused-ring (bicyclic) bond motifs is 1. The van der Waals surface area contributed by atoms with Gasteiger partial charge in [-0.1, -0.05) is 24.3 Å². The van der Waals surface area contributed by atoms with Crippen molar-refractivity contribution in [2.45, 2.75) is 57.3 Å². The summed E-state index contributed by atoms with van der Waals surface area (Å²) in [6, 6.07) is 9.41. The lowest BCUT2D eigenvalue weighted by Crippen LogP contribution is -2.32. The first kappa shape index (κ1) is 13.1. The first-order valence-corrected chi connectivity index (χ1v) is 7.68. The molecule has 0 saturated carbocycles. The van der Waals surface area contributed by atoms with E-state index in [0.29, 0.717) is 18.2 Å². The molecule has 0 spiro atoms. The first-order valence-electron chi connectivity index (χ1n) is 7.68. The number of benzene rings is 1. The minimum atomic E-state index is 0.467. The zero-order valence-electron chi connectivity index (χ0n) is 12.1. The van der Waals surface area contributed by atoms with Crippen molar-refractivity contribution < 1.29 is 4.74 Å². The molecule has 2 nitrogen and oxygen atoms in total. The molecular formula is C17H25NO. The number of hydrogen-bond donors (Lipinski definition) is 1. The average molecular weight is 259 g/mol. The third-order valence-corrected chi connectivity index (χ3v) is 4.84. The molecule has 1 N–H and O–H groups in total. The van der Waals surface area contributed by atoms with Crippen LogP contribution in [0.25, 0.3) is 0 Å². The standard InChI is InChI=1S/C17H25NO/c1-12-7-10-15(19-12)11-14-9-8-13-5-3-4-6-16(13)17(14)18-2/h3-6,12,14-15,17-18H,7-11H2,1-2H3. The summed E-state index contributed by atoms with van der Waals surface area (Å²) < 4.78 is 6.02. The summed E-state index contributed by atoms with van der Waals surface area (Å²) in [7, 11) is 2.10. The van der Waals surface area contributed by atoms with Gasteiger partial charge in [0.1, 0.15) is 0 Å². The van der Waals surface area contributed by atoms with E-state index in [2.05, 4.69) is 43.6 Å². The molecule has 3 rings (SSSR count). The topological polar surface area (TPSA) is 21.3 Å². The Balaban J connectivity index is 1.73. The predicted molar refractivity (Wildman–Crippen MR) is 78.2 cm³/mol. The lowest BCUT2D eigenvalue weighted by molar-refractivity contribution is 0.0350. The lowest BCUT2D eigenvalue weighted by Gasteiger charge is -2.34. The lowest BCUT2D eigenvalue weighted by atomic mass is 9.77. The SMILES string of the molecule is CNC1c2ccccc2CCC1CC1CCC(C)O1. The molecule has 0 radical (unpaired) electrons. The number of nitrogens with one attached hydrogen (secondary N) is 1. The molecule has 1 aromatic carbocycles. The predicted octanol–water partition coefficient (Wildman–Crippen LogP) is 3.47. The highest BCUT2D eigenvalue weighted by molar-refractivity contribution is 5.33. The van der Waals surface area contributed by atoms with Crippen LogP contribution < -0.4 is 5.32 Å². The van der Waals surface area contributed by atoms with E-state index in [1.54, 1.807) is 0 Å². The van der Waals surface area contributed by atoms with Crippen LogP contribution in [-0.4, -0.2) is 19.3 Å². The molecule has 1 aliphatic heterocycles. The van der Waals surface area contributed by atoms with E-state index >= 15 is 0 Å². The smallest absolute Gasteiger partial charge is 0.0583 e. The van der Waals surface area contributed by atoms with Crippen LogP contribution in [0.2, 0.25) is 0 Å². The van der Waals surface area contributed by atoms with Crippen LogP contribution in [0.15, 0.2) is 24.3 Å². The number of hydrogen-bond acceptors (Lipinski definition) is 2. The van der Waals surface area contributed by atoms with Crippen LogP contribution in [0.1, 0.15) is 49.8 Å². The Hall–Kier alpha value is -0.860. The molecule has 2 aliphatic rings. The minimum Gasteiger partial charge on any atom is -0.375 e. The van der Waals surface area contributed by atoms with E-state index in [1.165, 1.54) is 43.2 Å². The summed E-state index contributed by atoms with van der Waals surface area (Å²) >= 11 is 0. The zero-order valence-corrected chi connectivity index (χ0v) is 12.1. The molecule has 1 fully saturated rings. The van der Waals surface area contributed by atoms with Gasteiger partial charge in [0.25, 0.3) is 0 Å². The summed E-state index contributed by atoms with van der Waals surface area (Å²) in [4.78, 5) is 0. The normalized spacial score (nSPS) is 34.2. The van der Waals surface area contributed by atoms with Crippen molar-refractivity contribution >= 4 is 0 Å². The van der Waals surface area contributed by atoms with Crippen LogP contribution in [0.5, 0.6) is 0 Å². The largest absolute Gasteiger partial charge is 0.375 e. The van der Waals surface area contributed by atoms with Gasteiger partial charge in [-0.15, -0.1) is 0 Å². The van der Waals surface area contributed by atoms with E-state index in [9.17, 15) is 0 Å². The fourth-order valence-electron chi connectivity index (χ4n) is 3.87. The third kappa shape index (κ3) is 2.70. The summed E-state index contributed by atoms with van der Waals surface area (Å²) in [6.45, 7) is 2.20. The summed E-state index contributed by atoms with van der Waals surface area (Å²) in [6.07, 6.45) is 7.16. The zero-order chi connectivity index (χ0) is 13.2. The maximum Gasteiger partial charge on any atom is 0.0583 e. The van der Waals surface area contributed by atoms with Crippen LogP contribution in [-0.2, 0) is 11.2 Å². The van der Waals surface area contributed by atoms with Gasteiger partial charge in [-0.2, -0.15) is 0 Å². The van der Waals surface area contributed by atoms with E-state index in [4.69, 9.17) is 4.74 Å². The van der Waals surface area contributed by atoms with Crippen molar-refractivity contribution in [3.63, 3.8) is 0 Å². The van der Waals surface area contributed by atoms with Crippen LogP contribution >= 0.6 is 0 Å². The second kappa shape index (κ2) is 5.64. The van der Waals surface area contributed by atoms with E-state index in [0.717, 1.165) is 5.92 Å². The Kier molecular flexibility index (Phi) is 3.90. The molecule has 0 amide bonds. The van der Waals surface area contributed by atoms with Gasteiger partial charge in [-0.05, 0) is 63.1 Å². The van der Waals surface area contributed by atoms with Crippen molar-refractivity contribution in [2.75, 3.05) is 7.05 Å². The van der Waals surface area contributed by atoms with Crippen molar-refractivity contribution in [3.8, 4) is 0 Å². The van der Waals surface area contributed by atoms with Gasteiger partial charge in [0.2, 0.25) is 0 Å². The molecule has 1 aliphatic carbocycles. The van der Waals surface area contributed by atoms with Gasteiger partial charge in [-0.3, -0.25) is 0 Å². The Labute approximate surface area is 116 Å². The van der Waals surface area contributed by atoms with Crippen molar-refractivity contribution in [3.05, 3.63) is 35.4 Å². The van der Waals surface area contributed by atoms with Gasteiger partial charge < -0.3 is 10.1 Å². The molecule has 1 heterocycles. The maximum atomic E-state index is 6.02. The molecule has 0 aromatic heterocycles. The Morgan fingerprint density at radius 3 is 2.79 bits per heavy atom. The molecule has 4 unspecified atom stereocenters. The summed E-state index contributed by atoms with van der Waals surface area (Å²) in [5, 5.41) is 3.54. The molecule has 1 saturated heterocycles. The van der Waals surface area contributed by atoms with Crippen molar-refractivity contribution in [1.82, 2.24) is 5.32 Å². The van der Waals surface area contributed by atoms with E-state index in [1.807, 2.05) is 0 Å². The highest BCUT2D eigenvalue weighted by Gasteiger charge is 2.32. The van der Waals surface area contributed by atoms with E-state index in [-0.39, 0.29) is 0 Å². The quantitative estimate of drug-likeness (QED) is 0.897. The Bertz CT molecular complexity index is 431. The van der Waals surface area contributed by atoms with Crippen LogP contribution in [0.4, 0.5) is 0 Å². The third-order valence-electron chi connectivity index (χ3n) is 4.84. The highest BCUT2D eigenvalue weighted by Crippen LogP contribution is 2.38. The second-order valence-corrected chi connectivity index (χ2v) is 6.15. The molecule has 0 bridgehead atoms. The maximum absolute atomic E-state index is 6.02. The molecule has 19 heavy (non-hydrogen) atoms. The molecule has 104 valence electrons. The Morgan fingerprint density at radius 2 is 2.05 bits per heavy atom. The number of ether oxygens (including phenoxy) is 1. The molecule has 4 atom stereocenters. The van der Waals surface area contributed by atoms with Crippen LogP contribution in [0, 0.1) is 5.92 Å². The van der Waals surface area contributed by atoms with E-state index < -0.39 is 0 Å². The van der Waals surface area contributed by atoms with Crippen molar-refractivity contribution in [1.29, 1.82) is 0 Å². The fraction of sp³-hybridized carbons (Fsp3) is 0.647. The summed E-state index contributed by atoms with van der Waals surface area (Å²) in [5.74, 6) is 0.718. The van der Waals surface area contributed by atoms with Crippen molar-refractivity contribution in [2.24, 2.45) is 5.92 Å². The number of aryl methyl sites for hydroxylation is 1. The molecular weight excluding hydrogens is 234 g/mol. The summed E-state index contributed by atoms with van der Waals surface area (Å²) in [5.41, 5.74) is 3.03. The number of rotatable bonds is 3. The van der Waals surface area contributed by atoms with Gasteiger partial charge in [0.05, 0.1) is 12.2 Å². The van der Waals surface area contributed by atoms with Gasteiger partial charge in [0.15, 0.2) is 0 Å². The first-order chi connectivity index (χ1) is 9.28. The second-order valence-electron chi connectivity index (χ2n) is 6.15. The van der Waals surface area contributed by atoms with Gasteiger partial charge in [-0.25, -0.2) is 0 Å². The van der Waals surface area contributed by atoms with Crippen LogP contribution in [0.3, 0.4) is 0 Å². The average Bonchev–Trinajstić information content (AvgIpc) is 2.84. The Morgan fingerprint density at radius 1 is 1.21 bits per heavy atom. The highest BCUT2D eigenvalue weighted by atomic mass is 16.5. The fourth-order valence-corrected chi connectivity index (χ4v) is 3.87. The monoisotopic (exact) mass is 259 g/mol.